The van der Waals surface area contributed by atoms with Crippen molar-refractivity contribution in [2.75, 3.05) is 13.1 Å². The third-order valence-electron chi connectivity index (χ3n) is 3.52. The molecular weight excluding hydrogens is 338 g/mol. The minimum Gasteiger partial charge on any atom is -0.329 e. The van der Waals surface area contributed by atoms with Crippen LogP contribution in [0.4, 0.5) is 8.78 Å². The molecule has 0 aliphatic carbocycles. The normalized spacial score (nSPS) is 20.1. The lowest BCUT2D eigenvalue weighted by Gasteiger charge is -2.35. The van der Waals surface area contributed by atoms with Crippen molar-refractivity contribution in [2.24, 2.45) is 5.73 Å². The Morgan fingerprint density at radius 1 is 1.32 bits per heavy atom. The van der Waals surface area contributed by atoms with Crippen molar-refractivity contribution in [3.8, 4) is 0 Å². The lowest BCUT2D eigenvalue weighted by atomic mass is 10.0. The van der Waals surface area contributed by atoms with Gasteiger partial charge in [-0.3, -0.25) is 4.90 Å². The van der Waals surface area contributed by atoms with E-state index >= 15 is 0 Å². The van der Waals surface area contributed by atoms with E-state index in [1.165, 1.54) is 12.1 Å². The topological polar surface area (TPSA) is 29.3 Å². The van der Waals surface area contributed by atoms with E-state index < -0.39 is 11.6 Å². The summed E-state index contributed by atoms with van der Waals surface area (Å²) in [5.41, 5.74) is 5.84. The molecule has 0 aromatic heterocycles. The third kappa shape index (κ3) is 3.88. The minimum atomic E-state index is -0.503. The summed E-state index contributed by atoms with van der Waals surface area (Å²) in [5, 5.41) is 0. The Balaban J connectivity index is 0.00000180. The molecule has 1 unspecified atom stereocenters. The molecule has 0 saturated carbocycles. The Bertz CT molecular complexity index is 431. The maximum absolute atomic E-state index is 13.9. The van der Waals surface area contributed by atoms with Gasteiger partial charge in [-0.05, 0) is 47.4 Å². The van der Waals surface area contributed by atoms with Gasteiger partial charge in [-0.1, -0.05) is 6.42 Å². The van der Waals surface area contributed by atoms with Crippen LogP contribution < -0.4 is 5.73 Å². The van der Waals surface area contributed by atoms with Crippen molar-refractivity contribution in [3.63, 3.8) is 0 Å². The molecule has 108 valence electrons. The van der Waals surface area contributed by atoms with Gasteiger partial charge in [-0.2, -0.15) is 0 Å². The second kappa shape index (κ2) is 7.53. The van der Waals surface area contributed by atoms with Crippen molar-refractivity contribution >= 4 is 28.3 Å². The molecule has 1 aromatic rings. The van der Waals surface area contributed by atoms with Crippen LogP contribution in [-0.2, 0) is 6.54 Å². The molecule has 2 N–H and O–H groups in total. The van der Waals surface area contributed by atoms with Crippen LogP contribution in [0.3, 0.4) is 0 Å². The average Bonchev–Trinajstić information content (AvgIpc) is 2.39. The van der Waals surface area contributed by atoms with Gasteiger partial charge in [0, 0.05) is 24.7 Å². The van der Waals surface area contributed by atoms with Gasteiger partial charge in [0.1, 0.15) is 11.6 Å². The summed E-state index contributed by atoms with van der Waals surface area (Å²) < 4.78 is 27.9. The molecule has 1 aliphatic rings. The highest BCUT2D eigenvalue weighted by Crippen LogP contribution is 2.25. The Hall–Kier alpha value is -0.230. The van der Waals surface area contributed by atoms with Gasteiger partial charge in [0.15, 0.2) is 0 Å². The molecular formula is C13H18BrClF2N2. The smallest absolute Gasteiger partial charge is 0.144 e. The fraction of sp³-hybridized carbons (Fsp3) is 0.538. The molecule has 2 nitrogen and oxygen atoms in total. The lowest BCUT2D eigenvalue weighted by Crippen LogP contribution is -2.43. The van der Waals surface area contributed by atoms with E-state index in [0.29, 0.717) is 17.6 Å². The van der Waals surface area contributed by atoms with Crippen molar-refractivity contribution < 1.29 is 8.78 Å². The largest absolute Gasteiger partial charge is 0.329 e. The third-order valence-corrected chi connectivity index (χ3v) is 4.13. The van der Waals surface area contributed by atoms with E-state index in [9.17, 15) is 8.78 Å². The monoisotopic (exact) mass is 354 g/mol. The second-order valence-electron chi connectivity index (χ2n) is 4.68. The Kier molecular flexibility index (Phi) is 6.66. The van der Waals surface area contributed by atoms with Crippen LogP contribution >= 0.6 is 28.3 Å². The Labute approximate surface area is 126 Å². The lowest BCUT2D eigenvalue weighted by molar-refractivity contribution is 0.141. The van der Waals surface area contributed by atoms with Gasteiger partial charge < -0.3 is 5.73 Å². The van der Waals surface area contributed by atoms with Gasteiger partial charge >= 0.3 is 0 Å². The molecule has 1 heterocycles. The molecule has 1 atom stereocenters. The molecule has 0 radical (unpaired) electrons. The number of hydrogen-bond donors (Lipinski definition) is 1. The maximum Gasteiger partial charge on any atom is 0.144 e. The summed E-state index contributed by atoms with van der Waals surface area (Å²) in [7, 11) is 0. The summed E-state index contributed by atoms with van der Waals surface area (Å²) in [4.78, 5) is 2.08. The number of nitrogens with two attached hydrogens (primary N) is 1. The highest BCUT2D eigenvalue weighted by molar-refractivity contribution is 9.10. The van der Waals surface area contributed by atoms with Crippen LogP contribution in [0, 0.1) is 11.6 Å². The number of likely N-dealkylation sites (tertiary alicyclic amines) is 1. The molecule has 2 rings (SSSR count). The summed E-state index contributed by atoms with van der Waals surface area (Å²) in [5.74, 6) is -0.992. The predicted molar refractivity (Wildman–Crippen MR) is 78.4 cm³/mol. The molecule has 1 saturated heterocycles. The van der Waals surface area contributed by atoms with Gasteiger partial charge in [0.05, 0.1) is 4.47 Å². The van der Waals surface area contributed by atoms with Gasteiger partial charge in [-0.25, -0.2) is 8.78 Å². The number of hydrogen-bond acceptors (Lipinski definition) is 2. The number of piperidine rings is 1. The zero-order chi connectivity index (χ0) is 13.1. The first-order valence-electron chi connectivity index (χ1n) is 6.20. The standard InChI is InChI=1S/C13H17BrF2N2.ClH/c14-11-4-5-12(15)10(13(11)16)8-18-6-2-1-3-9(18)7-17;/h4-5,9H,1-3,6-8,17H2;1H. The molecule has 1 fully saturated rings. The van der Waals surface area contributed by atoms with Crippen LogP contribution in [-0.4, -0.2) is 24.0 Å². The first-order chi connectivity index (χ1) is 8.63. The van der Waals surface area contributed by atoms with Gasteiger partial charge in [0.25, 0.3) is 0 Å². The predicted octanol–water partition coefficient (Wildman–Crippen LogP) is 3.46. The first-order valence-corrected chi connectivity index (χ1v) is 6.99. The van der Waals surface area contributed by atoms with Crippen LogP contribution in [0.25, 0.3) is 0 Å². The molecule has 0 bridgehead atoms. The van der Waals surface area contributed by atoms with Crippen LogP contribution in [0.1, 0.15) is 24.8 Å². The van der Waals surface area contributed by atoms with E-state index in [0.717, 1.165) is 25.8 Å². The molecule has 1 aromatic carbocycles. The highest BCUT2D eigenvalue weighted by Gasteiger charge is 2.24. The quantitative estimate of drug-likeness (QED) is 0.841. The average molecular weight is 356 g/mol. The van der Waals surface area contributed by atoms with Crippen molar-refractivity contribution in [3.05, 3.63) is 33.8 Å². The SMILES string of the molecule is Cl.NCC1CCCCN1Cc1c(F)ccc(Br)c1F. The van der Waals surface area contributed by atoms with Gasteiger partial charge in [-0.15, -0.1) is 12.4 Å². The minimum absolute atomic E-state index is 0. The summed E-state index contributed by atoms with van der Waals surface area (Å²) >= 11 is 3.09. The van der Waals surface area contributed by atoms with E-state index in [4.69, 9.17) is 5.73 Å². The zero-order valence-corrected chi connectivity index (χ0v) is 12.9. The van der Waals surface area contributed by atoms with Crippen LogP contribution in [0.2, 0.25) is 0 Å². The fourth-order valence-electron chi connectivity index (χ4n) is 2.45. The van der Waals surface area contributed by atoms with Crippen molar-refractivity contribution in [1.82, 2.24) is 4.90 Å². The van der Waals surface area contributed by atoms with E-state index in [1.807, 2.05) is 0 Å². The number of halogens is 4. The molecule has 19 heavy (non-hydrogen) atoms. The van der Waals surface area contributed by atoms with Gasteiger partial charge in [0.2, 0.25) is 0 Å². The summed E-state index contributed by atoms with van der Waals surface area (Å²) in [6.45, 7) is 1.68. The van der Waals surface area contributed by atoms with Crippen LogP contribution in [0.15, 0.2) is 16.6 Å². The molecule has 0 spiro atoms. The van der Waals surface area contributed by atoms with E-state index in [1.54, 1.807) is 0 Å². The van der Waals surface area contributed by atoms with E-state index in [2.05, 4.69) is 20.8 Å². The second-order valence-corrected chi connectivity index (χ2v) is 5.53. The van der Waals surface area contributed by atoms with Crippen molar-refractivity contribution in [1.29, 1.82) is 0 Å². The Morgan fingerprint density at radius 3 is 2.74 bits per heavy atom. The fourth-order valence-corrected chi connectivity index (χ4v) is 2.82. The number of benzene rings is 1. The molecule has 0 amide bonds. The summed E-state index contributed by atoms with van der Waals surface area (Å²) in [6.07, 6.45) is 3.21. The number of rotatable bonds is 3. The van der Waals surface area contributed by atoms with Crippen LogP contribution in [0.5, 0.6) is 0 Å². The zero-order valence-electron chi connectivity index (χ0n) is 10.5. The summed E-state index contributed by atoms with van der Waals surface area (Å²) in [6, 6.07) is 2.92. The Morgan fingerprint density at radius 2 is 2.05 bits per heavy atom. The molecule has 6 heteroatoms. The maximum atomic E-state index is 13.9. The highest BCUT2D eigenvalue weighted by atomic mass is 79.9. The number of nitrogens with zero attached hydrogens (tertiary/aromatic N) is 1. The van der Waals surface area contributed by atoms with Crippen molar-refractivity contribution in [2.45, 2.75) is 31.8 Å². The van der Waals surface area contributed by atoms with E-state index in [-0.39, 0.29) is 24.0 Å². The molecule has 1 aliphatic heterocycles. The first kappa shape index (κ1) is 16.8.